The molecular weight excluding hydrogens is 499 g/mol. The molecule has 0 bridgehead atoms. The fraction of sp³-hybridized carbons (Fsp3) is 0.367. The molecule has 3 nitrogen and oxygen atoms in total. The van der Waals surface area contributed by atoms with Gasteiger partial charge in [0.25, 0.3) is 5.91 Å². The minimum Gasteiger partial charge on any atom is -0.338 e. The smallest absolute Gasteiger partial charge is 0.338 e. The predicted molar refractivity (Wildman–Crippen MR) is 136 cm³/mol. The zero-order valence-electron chi connectivity index (χ0n) is 21.4. The number of amides is 1. The molecule has 3 aromatic rings. The van der Waals surface area contributed by atoms with Crippen LogP contribution < -0.4 is 0 Å². The predicted octanol–water partition coefficient (Wildman–Crippen LogP) is 7.00. The van der Waals surface area contributed by atoms with Gasteiger partial charge in [-0.1, -0.05) is 50.2 Å². The molecule has 3 aromatic carbocycles. The highest BCUT2D eigenvalue weighted by Crippen LogP contribution is 2.37. The van der Waals surface area contributed by atoms with Crippen LogP contribution in [-0.2, 0) is 12.7 Å². The first-order valence-corrected chi connectivity index (χ1v) is 12.7. The average Bonchev–Trinajstić information content (AvgIpc) is 3.26. The number of benzene rings is 3. The quantitative estimate of drug-likeness (QED) is 0.293. The zero-order chi connectivity index (χ0) is 27.4. The fourth-order valence-corrected chi connectivity index (χ4v) is 5.20. The van der Waals surface area contributed by atoms with E-state index in [0.29, 0.717) is 49.4 Å². The second-order valence-electron chi connectivity index (χ2n) is 10.4. The third kappa shape index (κ3) is 6.78. The van der Waals surface area contributed by atoms with Crippen LogP contribution in [0.1, 0.15) is 46.8 Å². The molecule has 202 valence electrons. The number of alkyl halides is 3. The summed E-state index contributed by atoms with van der Waals surface area (Å²) >= 11 is 0. The highest BCUT2D eigenvalue weighted by molar-refractivity contribution is 5.94. The van der Waals surface area contributed by atoms with E-state index in [2.05, 4.69) is 0 Å². The molecule has 1 fully saturated rings. The van der Waals surface area contributed by atoms with Crippen LogP contribution in [-0.4, -0.2) is 41.9 Å². The van der Waals surface area contributed by atoms with Crippen LogP contribution in [0.15, 0.2) is 72.8 Å². The summed E-state index contributed by atoms with van der Waals surface area (Å²) in [5.74, 6) is -1.37. The van der Waals surface area contributed by atoms with Gasteiger partial charge in [0.05, 0.1) is 5.56 Å². The second kappa shape index (κ2) is 11.6. The number of halogens is 5. The van der Waals surface area contributed by atoms with Crippen molar-refractivity contribution in [3.63, 3.8) is 0 Å². The van der Waals surface area contributed by atoms with Gasteiger partial charge in [-0.3, -0.25) is 9.69 Å². The zero-order valence-corrected chi connectivity index (χ0v) is 21.4. The van der Waals surface area contributed by atoms with Crippen molar-refractivity contribution in [3.8, 4) is 0 Å². The number of rotatable bonds is 8. The standard InChI is InChI=1S/C30H31F5N2O/c1-20(2)15-37(29(38)21-10-12-26(31)13-11-21)18-24-17-36(16-23-6-3-4-9-28(23)32)19-27(24)22-7-5-8-25(14-22)30(33,34)35/h3-14,20,24,27H,15-19H2,1-2H3/t24-,27+/m1/s1. The lowest BCUT2D eigenvalue weighted by Gasteiger charge is -2.30. The molecule has 0 aromatic heterocycles. The molecule has 4 rings (SSSR count). The molecule has 1 aliphatic heterocycles. The summed E-state index contributed by atoms with van der Waals surface area (Å²) in [5.41, 5.74) is 0.684. The lowest BCUT2D eigenvalue weighted by atomic mass is 9.87. The van der Waals surface area contributed by atoms with Crippen molar-refractivity contribution < 1.29 is 26.7 Å². The topological polar surface area (TPSA) is 23.6 Å². The van der Waals surface area contributed by atoms with Crippen molar-refractivity contribution in [2.75, 3.05) is 26.2 Å². The van der Waals surface area contributed by atoms with Crippen LogP contribution in [0, 0.1) is 23.5 Å². The Morgan fingerprint density at radius 2 is 1.68 bits per heavy atom. The first-order chi connectivity index (χ1) is 18.0. The molecule has 2 atom stereocenters. The average molecular weight is 531 g/mol. The number of carbonyl (C=O) groups is 1. The van der Waals surface area contributed by atoms with E-state index in [-0.39, 0.29) is 29.5 Å². The minimum atomic E-state index is -4.47. The molecule has 0 radical (unpaired) electrons. The molecular formula is C30H31F5N2O. The van der Waals surface area contributed by atoms with Gasteiger partial charge in [0, 0.05) is 49.8 Å². The Balaban J connectivity index is 1.64. The Bertz CT molecular complexity index is 1240. The van der Waals surface area contributed by atoms with E-state index in [1.165, 1.54) is 42.5 Å². The van der Waals surface area contributed by atoms with E-state index in [0.717, 1.165) is 6.07 Å². The molecule has 0 unspecified atom stereocenters. The maximum Gasteiger partial charge on any atom is 0.416 e. The maximum absolute atomic E-state index is 14.4. The molecule has 1 amide bonds. The molecule has 1 aliphatic rings. The summed E-state index contributed by atoms with van der Waals surface area (Å²) in [7, 11) is 0. The fourth-order valence-electron chi connectivity index (χ4n) is 5.20. The Hall–Kier alpha value is -3.26. The molecule has 0 saturated carbocycles. The van der Waals surface area contributed by atoms with Crippen molar-refractivity contribution in [2.45, 2.75) is 32.5 Å². The van der Waals surface area contributed by atoms with Crippen molar-refractivity contribution in [2.24, 2.45) is 11.8 Å². The highest BCUT2D eigenvalue weighted by atomic mass is 19.4. The second-order valence-corrected chi connectivity index (χ2v) is 10.4. The van der Waals surface area contributed by atoms with E-state index < -0.39 is 17.6 Å². The molecule has 0 spiro atoms. The number of nitrogens with zero attached hydrogens (tertiary/aromatic N) is 2. The number of hydrogen-bond acceptors (Lipinski definition) is 2. The van der Waals surface area contributed by atoms with E-state index in [9.17, 15) is 26.7 Å². The number of carbonyl (C=O) groups excluding carboxylic acids is 1. The van der Waals surface area contributed by atoms with E-state index in [1.54, 1.807) is 29.2 Å². The van der Waals surface area contributed by atoms with Crippen molar-refractivity contribution in [1.82, 2.24) is 9.80 Å². The lowest BCUT2D eigenvalue weighted by molar-refractivity contribution is -0.137. The first-order valence-electron chi connectivity index (χ1n) is 12.7. The van der Waals surface area contributed by atoms with Crippen LogP contribution >= 0.6 is 0 Å². The minimum absolute atomic E-state index is 0.141. The Morgan fingerprint density at radius 1 is 0.974 bits per heavy atom. The van der Waals surface area contributed by atoms with Crippen molar-refractivity contribution in [1.29, 1.82) is 0 Å². The van der Waals surface area contributed by atoms with Crippen molar-refractivity contribution in [3.05, 3.63) is 107 Å². The molecule has 38 heavy (non-hydrogen) atoms. The van der Waals surface area contributed by atoms with Crippen LogP contribution in [0.5, 0.6) is 0 Å². The summed E-state index contributed by atoms with van der Waals surface area (Å²) in [6.07, 6.45) is -4.47. The Morgan fingerprint density at radius 3 is 2.34 bits per heavy atom. The number of likely N-dealkylation sites (tertiary alicyclic amines) is 1. The van der Waals surface area contributed by atoms with E-state index >= 15 is 0 Å². The molecule has 0 N–H and O–H groups in total. The largest absolute Gasteiger partial charge is 0.416 e. The van der Waals surface area contributed by atoms with Crippen LogP contribution in [0.2, 0.25) is 0 Å². The maximum atomic E-state index is 14.4. The normalized spacial score (nSPS) is 18.2. The summed E-state index contributed by atoms with van der Waals surface area (Å²) in [6, 6.07) is 17.1. The summed E-state index contributed by atoms with van der Waals surface area (Å²) in [4.78, 5) is 17.2. The van der Waals surface area contributed by atoms with Crippen LogP contribution in [0.3, 0.4) is 0 Å². The van der Waals surface area contributed by atoms with Gasteiger partial charge in [-0.25, -0.2) is 8.78 Å². The summed E-state index contributed by atoms with van der Waals surface area (Å²) in [6.45, 7) is 5.94. The molecule has 1 heterocycles. The molecule has 1 saturated heterocycles. The van der Waals surface area contributed by atoms with Gasteiger partial charge in [-0.05, 0) is 53.8 Å². The highest BCUT2D eigenvalue weighted by Gasteiger charge is 2.38. The third-order valence-corrected chi connectivity index (χ3v) is 6.93. The van der Waals surface area contributed by atoms with Gasteiger partial charge in [-0.15, -0.1) is 0 Å². The molecule has 0 aliphatic carbocycles. The van der Waals surface area contributed by atoms with Gasteiger partial charge in [-0.2, -0.15) is 13.2 Å². The van der Waals surface area contributed by atoms with E-state index in [4.69, 9.17) is 0 Å². The van der Waals surface area contributed by atoms with Crippen LogP contribution in [0.25, 0.3) is 0 Å². The molecule has 8 heteroatoms. The lowest BCUT2D eigenvalue weighted by Crippen LogP contribution is -2.39. The van der Waals surface area contributed by atoms with Gasteiger partial charge in [0.15, 0.2) is 0 Å². The van der Waals surface area contributed by atoms with E-state index in [1.807, 2.05) is 18.7 Å². The van der Waals surface area contributed by atoms with Crippen LogP contribution in [0.4, 0.5) is 22.0 Å². The Kier molecular flexibility index (Phi) is 8.51. The monoisotopic (exact) mass is 530 g/mol. The van der Waals surface area contributed by atoms with Gasteiger partial charge >= 0.3 is 6.18 Å². The van der Waals surface area contributed by atoms with Gasteiger partial charge in [0.1, 0.15) is 11.6 Å². The van der Waals surface area contributed by atoms with Gasteiger partial charge < -0.3 is 4.90 Å². The number of hydrogen-bond donors (Lipinski definition) is 0. The van der Waals surface area contributed by atoms with Crippen molar-refractivity contribution >= 4 is 5.91 Å². The summed E-state index contributed by atoms with van der Waals surface area (Å²) < 4.78 is 68.4. The van der Waals surface area contributed by atoms with Gasteiger partial charge in [0.2, 0.25) is 0 Å². The SMILES string of the molecule is CC(C)CN(C[C@H]1CN(Cc2ccccc2F)C[C@H]1c1cccc(C(F)(F)F)c1)C(=O)c1ccc(F)cc1. The third-order valence-electron chi connectivity index (χ3n) is 6.93. The Labute approximate surface area is 219 Å². The summed E-state index contributed by atoms with van der Waals surface area (Å²) in [5, 5.41) is 0. The first kappa shape index (κ1) is 27.8.